The first kappa shape index (κ1) is 15.5. The third-order valence-corrected chi connectivity index (χ3v) is 3.88. The number of aliphatic hydroxyl groups is 1. The van der Waals surface area contributed by atoms with Crippen LogP contribution in [0.1, 0.15) is 31.2 Å². The van der Waals surface area contributed by atoms with E-state index in [0.717, 1.165) is 31.2 Å². The Morgan fingerprint density at radius 1 is 1.24 bits per heavy atom. The maximum absolute atomic E-state index is 11.8. The summed E-state index contributed by atoms with van der Waals surface area (Å²) in [6.07, 6.45) is 3.38. The number of nitrogens with one attached hydrogen (secondary N) is 2. The molecule has 114 valence electrons. The number of aryl methyl sites for hydroxylation is 1. The van der Waals surface area contributed by atoms with Gasteiger partial charge >= 0.3 is 11.8 Å². The Kier molecular flexibility index (Phi) is 5.33. The van der Waals surface area contributed by atoms with E-state index in [1.807, 2.05) is 19.1 Å². The zero-order valence-electron chi connectivity index (χ0n) is 12.3. The summed E-state index contributed by atoms with van der Waals surface area (Å²) >= 11 is 0. The summed E-state index contributed by atoms with van der Waals surface area (Å²) in [6.45, 7) is 2.27. The minimum absolute atomic E-state index is 0.0504. The van der Waals surface area contributed by atoms with Gasteiger partial charge in [0.05, 0.1) is 6.10 Å². The van der Waals surface area contributed by atoms with E-state index >= 15 is 0 Å². The third kappa shape index (κ3) is 4.56. The van der Waals surface area contributed by atoms with E-state index in [-0.39, 0.29) is 12.0 Å². The molecule has 2 amide bonds. The highest BCUT2D eigenvalue weighted by Crippen LogP contribution is 2.23. The van der Waals surface area contributed by atoms with E-state index in [1.54, 1.807) is 12.1 Å². The van der Waals surface area contributed by atoms with Gasteiger partial charge in [-0.1, -0.05) is 25.0 Å². The number of rotatable bonds is 3. The molecule has 1 aliphatic rings. The molecule has 0 bridgehead atoms. The van der Waals surface area contributed by atoms with Gasteiger partial charge < -0.3 is 15.7 Å². The zero-order chi connectivity index (χ0) is 15.2. The number of carbonyl (C=O) groups is 2. The first-order valence-electron chi connectivity index (χ1n) is 7.40. The zero-order valence-corrected chi connectivity index (χ0v) is 12.3. The monoisotopic (exact) mass is 290 g/mol. The summed E-state index contributed by atoms with van der Waals surface area (Å²) in [5.41, 5.74) is 1.62. The van der Waals surface area contributed by atoms with Crippen LogP contribution in [0.15, 0.2) is 24.3 Å². The van der Waals surface area contributed by atoms with E-state index in [4.69, 9.17) is 0 Å². The maximum atomic E-state index is 11.8. The summed E-state index contributed by atoms with van der Waals surface area (Å²) in [7, 11) is 0. The van der Waals surface area contributed by atoms with Crippen molar-refractivity contribution < 1.29 is 14.7 Å². The Hall–Kier alpha value is -1.88. The standard InChI is InChI=1S/C16H22N2O3/c1-11-5-4-7-13(9-11)18-16(21)15(20)17-10-12-6-2-3-8-14(12)19/h4-5,7,9,12,14,19H,2-3,6,8,10H2,1H3,(H,17,20)(H,18,21)/t12-,14+/m1/s1. The van der Waals surface area contributed by atoms with Crippen molar-refractivity contribution >= 4 is 17.5 Å². The predicted molar refractivity (Wildman–Crippen MR) is 80.8 cm³/mol. The van der Waals surface area contributed by atoms with Crippen LogP contribution in [0.25, 0.3) is 0 Å². The highest BCUT2D eigenvalue weighted by Gasteiger charge is 2.24. The van der Waals surface area contributed by atoms with Crippen LogP contribution in [0.2, 0.25) is 0 Å². The summed E-state index contributed by atoms with van der Waals surface area (Å²) in [5.74, 6) is -1.28. The van der Waals surface area contributed by atoms with E-state index in [1.165, 1.54) is 0 Å². The smallest absolute Gasteiger partial charge is 0.313 e. The van der Waals surface area contributed by atoms with Gasteiger partial charge in [0.1, 0.15) is 0 Å². The number of carbonyl (C=O) groups excluding carboxylic acids is 2. The molecule has 1 aromatic carbocycles. The summed E-state index contributed by atoms with van der Waals surface area (Å²) < 4.78 is 0. The number of aliphatic hydroxyl groups excluding tert-OH is 1. The predicted octanol–water partition coefficient (Wildman–Crippen LogP) is 1.60. The van der Waals surface area contributed by atoms with Crippen molar-refractivity contribution in [3.8, 4) is 0 Å². The van der Waals surface area contributed by atoms with E-state index in [2.05, 4.69) is 10.6 Å². The molecule has 0 unspecified atom stereocenters. The fraction of sp³-hybridized carbons (Fsp3) is 0.500. The van der Waals surface area contributed by atoms with Crippen molar-refractivity contribution in [2.24, 2.45) is 5.92 Å². The lowest BCUT2D eigenvalue weighted by Crippen LogP contribution is -2.41. The summed E-state index contributed by atoms with van der Waals surface area (Å²) in [4.78, 5) is 23.6. The molecule has 0 heterocycles. The number of benzene rings is 1. The highest BCUT2D eigenvalue weighted by molar-refractivity contribution is 6.39. The van der Waals surface area contributed by atoms with E-state index < -0.39 is 11.8 Å². The molecule has 2 rings (SSSR count). The third-order valence-electron chi connectivity index (χ3n) is 3.88. The molecule has 0 aromatic heterocycles. The Bertz CT molecular complexity index is 516. The van der Waals surface area contributed by atoms with Gasteiger partial charge in [-0.05, 0) is 37.5 Å². The molecule has 0 radical (unpaired) electrons. The Labute approximate surface area is 124 Å². The Morgan fingerprint density at radius 3 is 2.71 bits per heavy atom. The van der Waals surface area contributed by atoms with Crippen molar-refractivity contribution in [2.75, 3.05) is 11.9 Å². The van der Waals surface area contributed by atoms with Crippen molar-refractivity contribution in [1.82, 2.24) is 5.32 Å². The van der Waals surface area contributed by atoms with Crippen LogP contribution in [0.3, 0.4) is 0 Å². The minimum Gasteiger partial charge on any atom is -0.393 e. The SMILES string of the molecule is Cc1cccc(NC(=O)C(=O)NC[C@H]2CCCC[C@@H]2O)c1. The van der Waals surface area contributed by atoms with Gasteiger partial charge in [0.2, 0.25) is 0 Å². The Morgan fingerprint density at radius 2 is 2.00 bits per heavy atom. The van der Waals surface area contributed by atoms with Crippen LogP contribution < -0.4 is 10.6 Å². The van der Waals surface area contributed by atoms with Gasteiger partial charge in [-0.15, -0.1) is 0 Å². The van der Waals surface area contributed by atoms with E-state index in [0.29, 0.717) is 12.2 Å². The molecule has 5 nitrogen and oxygen atoms in total. The van der Waals surface area contributed by atoms with Crippen molar-refractivity contribution in [3.05, 3.63) is 29.8 Å². The van der Waals surface area contributed by atoms with Crippen LogP contribution in [0, 0.1) is 12.8 Å². The lowest BCUT2D eigenvalue weighted by Gasteiger charge is -2.27. The molecule has 1 fully saturated rings. The van der Waals surface area contributed by atoms with Gasteiger partial charge in [0.15, 0.2) is 0 Å². The van der Waals surface area contributed by atoms with Crippen LogP contribution in [0.4, 0.5) is 5.69 Å². The second-order valence-electron chi connectivity index (χ2n) is 5.65. The first-order valence-corrected chi connectivity index (χ1v) is 7.40. The topological polar surface area (TPSA) is 78.4 Å². The van der Waals surface area contributed by atoms with Gasteiger partial charge in [0, 0.05) is 18.2 Å². The lowest BCUT2D eigenvalue weighted by atomic mass is 9.86. The average Bonchev–Trinajstić information content (AvgIpc) is 2.46. The quantitative estimate of drug-likeness (QED) is 0.740. The molecule has 3 N–H and O–H groups in total. The lowest BCUT2D eigenvalue weighted by molar-refractivity contribution is -0.136. The normalized spacial score (nSPS) is 21.6. The average molecular weight is 290 g/mol. The van der Waals surface area contributed by atoms with Crippen molar-refractivity contribution in [2.45, 2.75) is 38.7 Å². The fourth-order valence-corrected chi connectivity index (χ4v) is 2.64. The van der Waals surface area contributed by atoms with Crippen LogP contribution in [-0.2, 0) is 9.59 Å². The first-order chi connectivity index (χ1) is 10.1. The summed E-state index contributed by atoms with van der Waals surface area (Å²) in [5, 5.41) is 15.0. The molecular formula is C16H22N2O3. The molecule has 2 atom stereocenters. The Balaban J connectivity index is 1.81. The number of hydrogen-bond acceptors (Lipinski definition) is 3. The molecule has 1 aliphatic carbocycles. The van der Waals surface area contributed by atoms with Gasteiger partial charge in [-0.3, -0.25) is 9.59 Å². The minimum atomic E-state index is -0.675. The van der Waals surface area contributed by atoms with Crippen molar-refractivity contribution in [3.63, 3.8) is 0 Å². The second kappa shape index (κ2) is 7.22. The summed E-state index contributed by atoms with van der Waals surface area (Å²) in [6, 6.07) is 7.28. The van der Waals surface area contributed by atoms with Gasteiger partial charge in [-0.25, -0.2) is 0 Å². The van der Waals surface area contributed by atoms with Crippen LogP contribution >= 0.6 is 0 Å². The highest BCUT2D eigenvalue weighted by atomic mass is 16.3. The molecule has 0 aliphatic heterocycles. The molecule has 1 saturated carbocycles. The second-order valence-corrected chi connectivity index (χ2v) is 5.65. The van der Waals surface area contributed by atoms with E-state index in [9.17, 15) is 14.7 Å². The fourth-order valence-electron chi connectivity index (χ4n) is 2.64. The number of anilines is 1. The maximum Gasteiger partial charge on any atom is 0.313 e. The van der Waals surface area contributed by atoms with Crippen molar-refractivity contribution in [1.29, 1.82) is 0 Å². The number of hydrogen-bond donors (Lipinski definition) is 3. The molecule has 0 saturated heterocycles. The largest absolute Gasteiger partial charge is 0.393 e. The molecule has 0 spiro atoms. The van der Waals surface area contributed by atoms with Gasteiger partial charge in [0.25, 0.3) is 0 Å². The van der Waals surface area contributed by atoms with Gasteiger partial charge in [-0.2, -0.15) is 0 Å². The molecule has 1 aromatic rings. The van der Waals surface area contributed by atoms with Crippen LogP contribution in [-0.4, -0.2) is 29.6 Å². The molecule has 5 heteroatoms. The molecular weight excluding hydrogens is 268 g/mol. The van der Waals surface area contributed by atoms with Crippen LogP contribution in [0.5, 0.6) is 0 Å². The molecule has 21 heavy (non-hydrogen) atoms. The number of amides is 2.